The molecule has 3 N–H and O–H groups in total. The second-order valence-corrected chi connectivity index (χ2v) is 8.85. The minimum atomic E-state index is -0.327. The molecule has 6 rings (SSSR count). The van der Waals surface area contributed by atoms with Gasteiger partial charge in [0.15, 0.2) is 11.5 Å². The molecule has 2 aliphatic heterocycles. The first kappa shape index (κ1) is 21.6. The van der Waals surface area contributed by atoms with Crippen LogP contribution in [0, 0.1) is 6.92 Å². The van der Waals surface area contributed by atoms with Crippen molar-refractivity contribution in [1.82, 2.24) is 24.6 Å². The van der Waals surface area contributed by atoms with Crippen LogP contribution in [-0.2, 0) is 10.3 Å². The number of fused-ring (bicyclic) bond motifs is 2. The van der Waals surface area contributed by atoms with E-state index in [1.807, 2.05) is 42.1 Å². The maximum atomic E-state index is 6.13. The van der Waals surface area contributed by atoms with Gasteiger partial charge in [0.25, 0.3) is 0 Å². The van der Waals surface area contributed by atoms with Crippen LogP contribution in [0.25, 0.3) is 5.65 Å². The summed E-state index contributed by atoms with van der Waals surface area (Å²) >= 11 is 0. The second-order valence-electron chi connectivity index (χ2n) is 8.85. The molecule has 0 aliphatic carbocycles. The van der Waals surface area contributed by atoms with Crippen LogP contribution in [0.5, 0.6) is 11.5 Å². The molecule has 0 saturated carbocycles. The summed E-state index contributed by atoms with van der Waals surface area (Å²) in [5.74, 6) is 2.32. The summed E-state index contributed by atoms with van der Waals surface area (Å²) in [6, 6.07) is 11.9. The van der Waals surface area contributed by atoms with Gasteiger partial charge in [-0.2, -0.15) is 5.10 Å². The van der Waals surface area contributed by atoms with Crippen molar-refractivity contribution in [3.8, 4) is 11.5 Å². The Kier molecular flexibility index (Phi) is 5.39. The van der Waals surface area contributed by atoms with Gasteiger partial charge in [-0.25, -0.2) is 14.5 Å². The van der Waals surface area contributed by atoms with Gasteiger partial charge >= 0.3 is 0 Å². The highest BCUT2D eigenvalue weighted by atomic mass is 16.5. The molecule has 180 valence electrons. The van der Waals surface area contributed by atoms with Gasteiger partial charge in [0.2, 0.25) is 0 Å². The summed E-state index contributed by atoms with van der Waals surface area (Å²) in [5, 5.41) is 11.1. The predicted octanol–water partition coefficient (Wildman–Crippen LogP) is 3.23. The van der Waals surface area contributed by atoms with Crippen LogP contribution < -0.4 is 20.8 Å². The molecule has 0 unspecified atom stereocenters. The first-order valence-electron chi connectivity index (χ1n) is 11.8. The lowest BCUT2D eigenvalue weighted by Gasteiger charge is -2.37. The highest BCUT2D eigenvalue weighted by Gasteiger charge is 2.38. The molecule has 0 atom stereocenters. The van der Waals surface area contributed by atoms with Crippen LogP contribution in [0.3, 0.4) is 0 Å². The summed E-state index contributed by atoms with van der Waals surface area (Å²) in [6.07, 6.45) is 7.24. The molecule has 2 aliphatic rings. The van der Waals surface area contributed by atoms with Gasteiger partial charge in [-0.15, -0.1) is 0 Å². The molecule has 35 heavy (non-hydrogen) atoms. The Morgan fingerprint density at radius 3 is 2.80 bits per heavy atom. The van der Waals surface area contributed by atoms with E-state index in [4.69, 9.17) is 14.5 Å². The molecule has 3 aromatic heterocycles. The lowest BCUT2D eigenvalue weighted by Crippen LogP contribution is -2.43. The number of hydrogen-bond donors (Lipinski definition) is 3. The largest absolute Gasteiger partial charge is 0.457 e. The molecule has 0 amide bonds. The number of aryl methyl sites for hydroxylation is 1. The van der Waals surface area contributed by atoms with Gasteiger partial charge in [-0.05, 0) is 68.8 Å². The van der Waals surface area contributed by atoms with Crippen LogP contribution in [0.4, 0.5) is 5.69 Å². The zero-order chi connectivity index (χ0) is 23.8. The molecule has 1 saturated heterocycles. The Labute approximate surface area is 203 Å². The van der Waals surface area contributed by atoms with Crippen molar-refractivity contribution in [2.24, 2.45) is 4.99 Å². The number of aromatic nitrogens is 4. The average molecular weight is 473 g/mol. The third-order valence-electron chi connectivity index (χ3n) is 6.80. The van der Waals surface area contributed by atoms with E-state index in [9.17, 15) is 0 Å². The van der Waals surface area contributed by atoms with Crippen molar-refractivity contribution in [1.29, 1.82) is 0 Å². The third-order valence-corrected chi connectivity index (χ3v) is 6.80. The summed E-state index contributed by atoms with van der Waals surface area (Å²) in [4.78, 5) is 8.98. The van der Waals surface area contributed by atoms with E-state index in [2.05, 4.69) is 44.5 Å². The Morgan fingerprint density at radius 1 is 1.09 bits per heavy atom. The van der Waals surface area contributed by atoms with E-state index in [0.29, 0.717) is 12.4 Å². The van der Waals surface area contributed by atoms with Gasteiger partial charge in [-0.3, -0.25) is 4.68 Å². The average Bonchev–Trinajstić information content (AvgIpc) is 3.54. The molecule has 0 radical (unpaired) electrons. The number of pyridine rings is 1. The Bertz CT molecular complexity index is 1400. The topological polar surface area (TPSA) is 102 Å². The van der Waals surface area contributed by atoms with Gasteiger partial charge in [0, 0.05) is 36.8 Å². The van der Waals surface area contributed by atoms with Gasteiger partial charge in [0.05, 0.1) is 5.60 Å². The van der Waals surface area contributed by atoms with Crippen LogP contribution in [0.15, 0.2) is 60.1 Å². The molecule has 10 nitrogen and oxygen atoms in total. The number of benzene rings is 1. The molecular weight excluding hydrogens is 444 g/mol. The van der Waals surface area contributed by atoms with Crippen molar-refractivity contribution in [3.05, 3.63) is 71.9 Å². The number of piperidine rings is 1. The smallest absolute Gasteiger partial charge is 0.158 e. The monoisotopic (exact) mass is 472 g/mol. The number of amidine groups is 1. The molecule has 10 heteroatoms. The Hall–Kier alpha value is -3.89. The van der Waals surface area contributed by atoms with Crippen molar-refractivity contribution in [3.63, 3.8) is 0 Å². The van der Waals surface area contributed by atoms with Crippen molar-refractivity contribution in [2.45, 2.75) is 25.4 Å². The SMILES string of the molecule is COC1(c2ccn3c2C(Nc2ccc(Oc4ccn5ncnc5c4)c(C)c2)=NCN3)CCNCC1. The van der Waals surface area contributed by atoms with Crippen LogP contribution in [0.2, 0.25) is 0 Å². The maximum Gasteiger partial charge on any atom is 0.158 e. The Balaban J connectivity index is 1.25. The quantitative estimate of drug-likeness (QED) is 0.410. The first-order chi connectivity index (χ1) is 17.1. The van der Waals surface area contributed by atoms with E-state index >= 15 is 0 Å². The minimum absolute atomic E-state index is 0.327. The maximum absolute atomic E-state index is 6.13. The predicted molar refractivity (Wildman–Crippen MR) is 134 cm³/mol. The van der Waals surface area contributed by atoms with Crippen molar-refractivity contribution >= 4 is 17.2 Å². The standard InChI is InChI=1S/C25H28N8O2/c1-17-13-18(3-4-21(17)35-19-5-11-32-22(14-19)27-15-29-32)31-24-23-20(6-12-33(23)30-16-28-24)25(34-2)7-9-26-10-8-25/h3-6,11-15,26,30H,7-10,16H2,1-2H3,(H,28,31). The first-order valence-corrected chi connectivity index (χ1v) is 11.8. The zero-order valence-corrected chi connectivity index (χ0v) is 19.8. The summed E-state index contributed by atoms with van der Waals surface area (Å²) < 4.78 is 16.0. The van der Waals surface area contributed by atoms with E-state index in [1.54, 1.807) is 11.6 Å². The fourth-order valence-corrected chi connectivity index (χ4v) is 4.92. The normalized spacial score (nSPS) is 16.9. The number of methoxy groups -OCH3 is 1. The Morgan fingerprint density at radius 2 is 1.97 bits per heavy atom. The van der Waals surface area contributed by atoms with Crippen LogP contribution in [-0.4, -0.2) is 52.0 Å². The number of nitrogens with one attached hydrogen (secondary N) is 3. The van der Waals surface area contributed by atoms with Crippen molar-refractivity contribution < 1.29 is 9.47 Å². The van der Waals surface area contributed by atoms with Gasteiger partial charge in [-0.1, -0.05) is 0 Å². The molecule has 1 aromatic carbocycles. The second kappa shape index (κ2) is 8.71. The van der Waals surface area contributed by atoms with E-state index in [1.165, 1.54) is 6.33 Å². The summed E-state index contributed by atoms with van der Waals surface area (Å²) in [7, 11) is 1.80. The lowest BCUT2D eigenvalue weighted by atomic mass is 9.84. The fraction of sp³-hybridized carbons (Fsp3) is 0.320. The molecule has 5 heterocycles. The fourth-order valence-electron chi connectivity index (χ4n) is 4.92. The third kappa shape index (κ3) is 3.90. The number of aliphatic imine (C=N–C) groups is 1. The minimum Gasteiger partial charge on any atom is -0.457 e. The number of anilines is 1. The van der Waals surface area contributed by atoms with E-state index in [0.717, 1.165) is 65.7 Å². The number of hydrogen-bond acceptors (Lipinski definition) is 8. The van der Waals surface area contributed by atoms with Gasteiger partial charge in [0.1, 0.15) is 30.2 Å². The number of rotatable bonds is 5. The summed E-state index contributed by atoms with van der Waals surface area (Å²) in [5.41, 5.74) is 7.85. The van der Waals surface area contributed by atoms with Crippen LogP contribution >= 0.6 is 0 Å². The van der Waals surface area contributed by atoms with E-state index < -0.39 is 0 Å². The number of nitrogens with zero attached hydrogens (tertiary/aromatic N) is 5. The highest BCUT2D eigenvalue weighted by molar-refractivity contribution is 6.09. The highest BCUT2D eigenvalue weighted by Crippen LogP contribution is 2.37. The lowest BCUT2D eigenvalue weighted by molar-refractivity contribution is -0.0392. The van der Waals surface area contributed by atoms with E-state index in [-0.39, 0.29) is 5.60 Å². The molecule has 0 bridgehead atoms. The molecule has 0 spiro atoms. The van der Waals surface area contributed by atoms with Crippen LogP contribution in [0.1, 0.15) is 29.7 Å². The molecule has 4 aromatic rings. The van der Waals surface area contributed by atoms with Crippen molar-refractivity contribution in [2.75, 3.05) is 37.6 Å². The van der Waals surface area contributed by atoms with Gasteiger partial charge < -0.3 is 25.5 Å². The zero-order valence-electron chi connectivity index (χ0n) is 19.8. The number of ether oxygens (including phenoxy) is 2. The molecule has 1 fully saturated rings. The molecular formula is C25H28N8O2. The summed E-state index contributed by atoms with van der Waals surface area (Å²) in [6.45, 7) is 4.38.